The Morgan fingerprint density at radius 1 is 1.27 bits per heavy atom. The molecule has 3 nitrogen and oxygen atoms in total. The summed E-state index contributed by atoms with van der Waals surface area (Å²) < 4.78 is 0. The van der Waals surface area contributed by atoms with Crippen molar-refractivity contribution in [1.29, 1.82) is 0 Å². The largest absolute Gasteiger partial charge is 0.383 e. The molecule has 1 amide bonds. The Kier molecular flexibility index (Phi) is 4.31. The lowest BCUT2D eigenvalue weighted by molar-refractivity contribution is -0.123. The van der Waals surface area contributed by atoms with Gasteiger partial charge in [-0.05, 0) is 12.1 Å². The summed E-state index contributed by atoms with van der Waals surface area (Å²) in [5.41, 5.74) is 0.865. The van der Waals surface area contributed by atoms with E-state index in [-0.39, 0.29) is 5.91 Å². The van der Waals surface area contributed by atoms with Crippen molar-refractivity contribution in [2.75, 3.05) is 11.4 Å². The summed E-state index contributed by atoms with van der Waals surface area (Å²) >= 11 is 0. The van der Waals surface area contributed by atoms with Gasteiger partial charge in [0.1, 0.15) is 6.10 Å². The number of nitrogens with zero attached hydrogens (tertiary/aromatic N) is 1. The number of carbonyl (C=O) groups excluding carboxylic acids is 1. The molecule has 82 valence electrons. The average Bonchev–Trinajstić information content (AvgIpc) is 2.64. The number of rotatable bonds is 1. The molecule has 0 aromatic heterocycles. The first-order valence-corrected chi connectivity index (χ1v) is 5.33. The molecule has 1 aromatic carbocycles. The van der Waals surface area contributed by atoms with Crippen LogP contribution in [0.4, 0.5) is 5.69 Å². The molecule has 0 saturated carbocycles. The fourth-order valence-corrected chi connectivity index (χ4v) is 1.53. The van der Waals surface area contributed by atoms with Gasteiger partial charge in [-0.2, -0.15) is 0 Å². The van der Waals surface area contributed by atoms with Crippen LogP contribution in [0.1, 0.15) is 20.3 Å². The number of para-hydroxylation sites is 1. The van der Waals surface area contributed by atoms with Gasteiger partial charge in [-0.25, -0.2) is 0 Å². The van der Waals surface area contributed by atoms with Gasteiger partial charge in [0, 0.05) is 18.7 Å². The molecule has 15 heavy (non-hydrogen) atoms. The lowest BCUT2D eigenvalue weighted by atomic mass is 10.3. The molecule has 0 spiro atoms. The standard InChI is InChI=1S/C10H11NO2.C2H6/c12-9-6-7-11(10(9)13)8-4-2-1-3-5-8;1-2/h1-5,9,12H,6-7H2;1-2H3. The smallest absolute Gasteiger partial charge is 0.255 e. The highest BCUT2D eigenvalue weighted by molar-refractivity contribution is 5.98. The van der Waals surface area contributed by atoms with E-state index in [1.807, 2.05) is 44.2 Å². The van der Waals surface area contributed by atoms with Gasteiger partial charge in [-0.3, -0.25) is 4.79 Å². The molecule has 1 atom stereocenters. The topological polar surface area (TPSA) is 40.5 Å². The first-order chi connectivity index (χ1) is 7.29. The van der Waals surface area contributed by atoms with Crippen molar-refractivity contribution >= 4 is 11.6 Å². The Hall–Kier alpha value is -1.35. The number of hydrogen-bond donors (Lipinski definition) is 1. The van der Waals surface area contributed by atoms with Crippen LogP contribution in [0.5, 0.6) is 0 Å². The molecule has 1 aromatic rings. The minimum atomic E-state index is -0.805. The summed E-state index contributed by atoms with van der Waals surface area (Å²) in [7, 11) is 0. The maximum Gasteiger partial charge on any atom is 0.255 e. The second-order valence-electron chi connectivity index (χ2n) is 3.13. The van der Waals surface area contributed by atoms with E-state index in [0.717, 1.165) is 5.69 Å². The lowest BCUT2D eigenvalue weighted by Gasteiger charge is -2.15. The summed E-state index contributed by atoms with van der Waals surface area (Å²) in [4.78, 5) is 13.0. The Morgan fingerprint density at radius 3 is 2.33 bits per heavy atom. The molecule has 0 bridgehead atoms. The third-order valence-corrected chi connectivity index (χ3v) is 2.25. The highest BCUT2D eigenvalue weighted by Gasteiger charge is 2.30. The van der Waals surface area contributed by atoms with Crippen molar-refractivity contribution in [3.05, 3.63) is 30.3 Å². The minimum Gasteiger partial charge on any atom is -0.383 e. The lowest BCUT2D eigenvalue weighted by Crippen LogP contribution is -2.28. The van der Waals surface area contributed by atoms with Crippen LogP contribution in [0.3, 0.4) is 0 Å². The van der Waals surface area contributed by atoms with Gasteiger partial charge in [0.2, 0.25) is 0 Å². The van der Waals surface area contributed by atoms with Gasteiger partial charge >= 0.3 is 0 Å². The van der Waals surface area contributed by atoms with Gasteiger partial charge in [0.25, 0.3) is 5.91 Å². The molecule has 1 unspecified atom stereocenters. The third kappa shape index (κ3) is 2.57. The fraction of sp³-hybridized carbons (Fsp3) is 0.417. The molecule has 3 heteroatoms. The summed E-state index contributed by atoms with van der Waals surface area (Å²) in [6.45, 7) is 4.62. The molecular formula is C12H17NO2. The van der Waals surface area contributed by atoms with Crippen LogP contribution in [0.2, 0.25) is 0 Å². The highest BCUT2D eigenvalue weighted by atomic mass is 16.3. The van der Waals surface area contributed by atoms with E-state index in [2.05, 4.69) is 0 Å². The van der Waals surface area contributed by atoms with E-state index < -0.39 is 6.10 Å². The van der Waals surface area contributed by atoms with E-state index in [9.17, 15) is 9.90 Å². The summed E-state index contributed by atoms with van der Waals surface area (Å²) in [5, 5.41) is 9.24. The van der Waals surface area contributed by atoms with Crippen molar-refractivity contribution in [2.45, 2.75) is 26.4 Å². The Morgan fingerprint density at radius 2 is 1.87 bits per heavy atom. The van der Waals surface area contributed by atoms with Crippen LogP contribution >= 0.6 is 0 Å². The van der Waals surface area contributed by atoms with E-state index in [4.69, 9.17) is 0 Å². The monoisotopic (exact) mass is 207 g/mol. The highest BCUT2D eigenvalue weighted by Crippen LogP contribution is 2.20. The van der Waals surface area contributed by atoms with E-state index in [1.54, 1.807) is 4.90 Å². The van der Waals surface area contributed by atoms with Gasteiger partial charge in [0.15, 0.2) is 0 Å². The number of benzene rings is 1. The minimum absolute atomic E-state index is 0.189. The Balaban J connectivity index is 0.000000531. The molecule has 0 radical (unpaired) electrons. The first-order valence-electron chi connectivity index (χ1n) is 5.33. The summed E-state index contributed by atoms with van der Waals surface area (Å²) in [6, 6.07) is 9.41. The maximum absolute atomic E-state index is 11.4. The number of carbonyl (C=O) groups is 1. The predicted molar refractivity (Wildman–Crippen MR) is 60.8 cm³/mol. The van der Waals surface area contributed by atoms with E-state index >= 15 is 0 Å². The van der Waals surface area contributed by atoms with Crippen molar-refractivity contribution in [2.24, 2.45) is 0 Å². The summed E-state index contributed by atoms with van der Waals surface area (Å²) in [6.07, 6.45) is -0.270. The van der Waals surface area contributed by atoms with Crippen molar-refractivity contribution in [3.63, 3.8) is 0 Å². The molecule has 1 N–H and O–H groups in total. The fourth-order valence-electron chi connectivity index (χ4n) is 1.53. The molecule has 1 aliphatic heterocycles. The van der Waals surface area contributed by atoms with Crippen LogP contribution in [0.15, 0.2) is 30.3 Å². The van der Waals surface area contributed by atoms with Crippen LogP contribution in [0, 0.1) is 0 Å². The summed E-state index contributed by atoms with van der Waals surface area (Å²) in [5.74, 6) is -0.189. The van der Waals surface area contributed by atoms with Crippen LogP contribution in [-0.2, 0) is 4.79 Å². The molecule has 0 aliphatic carbocycles. The zero-order chi connectivity index (χ0) is 11.3. The second-order valence-corrected chi connectivity index (χ2v) is 3.13. The Bertz CT molecular complexity index is 311. The molecule has 1 aliphatic rings. The average molecular weight is 207 g/mol. The molecule has 1 saturated heterocycles. The number of aliphatic hydroxyl groups excluding tert-OH is 1. The number of amides is 1. The number of hydrogen-bond acceptors (Lipinski definition) is 2. The van der Waals surface area contributed by atoms with Gasteiger partial charge in [0.05, 0.1) is 0 Å². The predicted octanol–water partition coefficient (Wildman–Crippen LogP) is 1.81. The van der Waals surface area contributed by atoms with Gasteiger partial charge < -0.3 is 10.0 Å². The normalized spacial score (nSPS) is 19.8. The number of anilines is 1. The van der Waals surface area contributed by atoms with Crippen molar-refractivity contribution in [3.8, 4) is 0 Å². The van der Waals surface area contributed by atoms with Crippen LogP contribution in [0.25, 0.3) is 0 Å². The quantitative estimate of drug-likeness (QED) is 0.763. The maximum atomic E-state index is 11.4. The van der Waals surface area contributed by atoms with Crippen LogP contribution < -0.4 is 4.90 Å². The zero-order valence-electron chi connectivity index (χ0n) is 9.18. The third-order valence-electron chi connectivity index (χ3n) is 2.25. The molecule has 1 heterocycles. The molecule has 2 rings (SSSR count). The van der Waals surface area contributed by atoms with Crippen molar-refractivity contribution < 1.29 is 9.90 Å². The Labute approximate surface area is 90.3 Å². The zero-order valence-corrected chi connectivity index (χ0v) is 9.18. The van der Waals surface area contributed by atoms with Crippen LogP contribution in [-0.4, -0.2) is 23.7 Å². The first kappa shape index (κ1) is 11.7. The second kappa shape index (κ2) is 5.51. The van der Waals surface area contributed by atoms with E-state index in [0.29, 0.717) is 13.0 Å². The van der Waals surface area contributed by atoms with Gasteiger partial charge in [-0.1, -0.05) is 32.0 Å². The SMILES string of the molecule is CC.O=C1C(O)CCN1c1ccccc1. The van der Waals surface area contributed by atoms with E-state index in [1.165, 1.54) is 0 Å². The van der Waals surface area contributed by atoms with Crippen molar-refractivity contribution in [1.82, 2.24) is 0 Å². The molecule has 1 fully saturated rings. The number of aliphatic hydroxyl groups is 1. The van der Waals surface area contributed by atoms with Gasteiger partial charge in [-0.15, -0.1) is 0 Å². The molecular weight excluding hydrogens is 190 g/mol.